The van der Waals surface area contributed by atoms with Gasteiger partial charge in [-0.25, -0.2) is 5.48 Å². The lowest BCUT2D eigenvalue weighted by Crippen LogP contribution is -2.32. The van der Waals surface area contributed by atoms with Crippen molar-refractivity contribution < 1.29 is 5.21 Å². The van der Waals surface area contributed by atoms with Crippen LogP contribution < -0.4 is 5.48 Å². The number of hydroxylamine groups is 1. The maximum atomic E-state index is 8.64. The molecule has 0 aromatic rings. The number of hydrogen-bond donors (Lipinski definition) is 2. The quantitative estimate of drug-likeness (QED) is 0.579. The summed E-state index contributed by atoms with van der Waals surface area (Å²) >= 11 is 0. The monoisotopic (exact) mass is 143 g/mol. The predicted octanol–water partition coefficient (Wildman–Crippen LogP) is 1.93. The van der Waals surface area contributed by atoms with Crippen molar-refractivity contribution >= 4 is 0 Å². The zero-order chi connectivity index (χ0) is 7.40. The molecule has 1 rings (SSSR count). The highest BCUT2D eigenvalue weighted by atomic mass is 16.5. The van der Waals surface area contributed by atoms with Gasteiger partial charge in [-0.05, 0) is 25.7 Å². The molecule has 1 atom stereocenters. The Hall–Kier alpha value is -0.0800. The lowest BCUT2D eigenvalue weighted by atomic mass is 9.85. The smallest absolute Gasteiger partial charge is 0.0319 e. The molecule has 0 heterocycles. The van der Waals surface area contributed by atoms with Gasteiger partial charge in [-0.3, -0.25) is 0 Å². The van der Waals surface area contributed by atoms with Crippen LogP contribution in [0.2, 0.25) is 0 Å². The summed E-state index contributed by atoms with van der Waals surface area (Å²) < 4.78 is 0. The molecule has 0 saturated heterocycles. The standard InChI is InChI=1S/C8H17NO/c1-7(9-10)8-5-3-2-4-6-8/h7-10H,2-6H2,1H3. The molecule has 0 spiro atoms. The lowest BCUT2D eigenvalue weighted by molar-refractivity contribution is 0.0930. The van der Waals surface area contributed by atoms with Crippen LogP contribution in [-0.4, -0.2) is 11.2 Å². The average molecular weight is 143 g/mol. The van der Waals surface area contributed by atoms with Gasteiger partial charge in [-0.2, -0.15) is 0 Å². The van der Waals surface area contributed by atoms with E-state index in [2.05, 4.69) is 12.4 Å². The molecular formula is C8H17NO. The number of nitrogens with one attached hydrogen (secondary N) is 1. The molecule has 0 amide bonds. The summed E-state index contributed by atoms with van der Waals surface area (Å²) in [6, 6.07) is 0.292. The topological polar surface area (TPSA) is 32.3 Å². The lowest BCUT2D eigenvalue weighted by Gasteiger charge is -2.26. The van der Waals surface area contributed by atoms with Crippen molar-refractivity contribution in [2.75, 3.05) is 0 Å². The molecular weight excluding hydrogens is 126 g/mol. The molecule has 1 unspecified atom stereocenters. The third kappa shape index (κ3) is 1.96. The summed E-state index contributed by atoms with van der Waals surface area (Å²) in [5.74, 6) is 0.707. The van der Waals surface area contributed by atoms with Gasteiger partial charge in [0.2, 0.25) is 0 Å². The molecule has 0 radical (unpaired) electrons. The van der Waals surface area contributed by atoms with Crippen LogP contribution in [0.5, 0.6) is 0 Å². The van der Waals surface area contributed by atoms with Crippen LogP contribution in [0.25, 0.3) is 0 Å². The summed E-state index contributed by atoms with van der Waals surface area (Å²) in [5, 5.41) is 8.64. The van der Waals surface area contributed by atoms with E-state index in [9.17, 15) is 0 Å². The van der Waals surface area contributed by atoms with Gasteiger partial charge in [0.1, 0.15) is 0 Å². The van der Waals surface area contributed by atoms with Gasteiger partial charge in [-0.15, -0.1) is 0 Å². The fourth-order valence-corrected chi connectivity index (χ4v) is 1.74. The molecule has 0 aromatic heterocycles. The minimum absolute atomic E-state index is 0.292. The van der Waals surface area contributed by atoms with Crippen LogP contribution in [0, 0.1) is 5.92 Å². The van der Waals surface area contributed by atoms with Gasteiger partial charge in [0.05, 0.1) is 0 Å². The molecule has 0 aromatic carbocycles. The maximum Gasteiger partial charge on any atom is 0.0319 e. The summed E-state index contributed by atoms with van der Waals surface area (Å²) in [6.07, 6.45) is 6.64. The fourth-order valence-electron chi connectivity index (χ4n) is 1.74. The van der Waals surface area contributed by atoms with E-state index in [1.54, 1.807) is 0 Å². The molecule has 1 saturated carbocycles. The van der Waals surface area contributed by atoms with Gasteiger partial charge in [0.25, 0.3) is 0 Å². The highest BCUT2D eigenvalue weighted by molar-refractivity contribution is 4.72. The molecule has 10 heavy (non-hydrogen) atoms. The van der Waals surface area contributed by atoms with Crippen LogP contribution in [0.15, 0.2) is 0 Å². The number of rotatable bonds is 2. The van der Waals surface area contributed by atoms with E-state index in [0.717, 1.165) is 0 Å². The first kappa shape index (κ1) is 8.02. The summed E-state index contributed by atoms with van der Waals surface area (Å²) in [5.41, 5.74) is 2.33. The molecule has 0 bridgehead atoms. The Morgan fingerprint density at radius 2 is 1.90 bits per heavy atom. The van der Waals surface area contributed by atoms with Gasteiger partial charge in [0, 0.05) is 6.04 Å². The Balaban J connectivity index is 2.24. The highest BCUT2D eigenvalue weighted by Crippen LogP contribution is 2.25. The molecule has 1 aliphatic rings. The van der Waals surface area contributed by atoms with Crippen LogP contribution in [-0.2, 0) is 0 Å². The second-order valence-electron chi connectivity index (χ2n) is 3.32. The molecule has 2 heteroatoms. The van der Waals surface area contributed by atoms with Crippen LogP contribution >= 0.6 is 0 Å². The van der Waals surface area contributed by atoms with E-state index in [4.69, 9.17) is 5.21 Å². The minimum atomic E-state index is 0.292. The SMILES string of the molecule is CC(NO)C1CCCCC1. The first-order chi connectivity index (χ1) is 4.84. The van der Waals surface area contributed by atoms with E-state index in [1.165, 1.54) is 32.1 Å². The molecule has 2 nitrogen and oxygen atoms in total. The summed E-state index contributed by atoms with van der Waals surface area (Å²) in [4.78, 5) is 0. The zero-order valence-electron chi connectivity index (χ0n) is 6.64. The van der Waals surface area contributed by atoms with Gasteiger partial charge in [0.15, 0.2) is 0 Å². The molecule has 1 aliphatic carbocycles. The van der Waals surface area contributed by atoms with Crippen molar-refractivity contribution in [1.29, 1.82) is 0 Å². The summed E-state index contributed by atoms with van der Waals surface area (Å²) in [6.45, 7) is 2.05. The van der Waals surface area contributed by atoms with Crippen molar-refractivity contribution in [3.8, 4) is 0 Å². The van der Waals surface area contributed by atoms with Crippen LogP contribution in [0.4, 0.5) is 0 Å². The number of hydrogen-bond acceptors (Lipinski definition) is 2. The van der Waals surface area contributed by atoms with Gasteiger partial charge in [-0.1, -0.05) is 19.3 Å². The molecule has 60 valence electrons. The van der Waals surface area contributed by atoms with Crippen molar-refractivity contribution in [2.45, 2.75) is 45.1 Å². The van der Waals surface area contributed by atoms with Crippen molar-refractivity contribution in [3.63, 3.8) is 0 Å². The Kier molecular flexibility index (Phi) is 3.16. The summed E-state index contributed by atoms with van der Waals surface area (Å²) in [7, 11) is 0. The van der Waals surface area contributed by atoms with Crippen molar-refractivity contribution in [3.05, 3.63) is 0 Å². The van der Waals surface area contributed by atoms with Gasteiger partial charge >= 0.3 is 0 Å². The van der Waals surface area contributed by atoms with E-state index in [0.29, 0.717) is 12.0 Å². The van der Waals surface area contributed by atoms with E-state index >= 15 is 0 Å². The molecule has 0 aliphatic heterocycles. The highest BCUT2D eigenvalue weighted by Gasteiger charge is 2.18. The molecule has 2 N–H and O–H groups in total. The van der Waals surface area contributed by atoms with E-state index < -0.39 is 0 Å². The fraction of sp³-hybridized carbons (Fsp3) is 1.00. The predicted molar refractivity (Wildman–Crippen MR) is 41.0 cm³/mol. The average Bonchev–Trinajstić information content (AvgIpc) is 2.05. The van der Waals surface area contributed by atoms with Crippen LogP contribution in [0.3, 0.4) is 0 Å². The first-order valence-corrected chi connectivity index (χ1v) is 4.24. The third-order valence-electron chi connectivity index (χ3n) is 2.56. The normalized spacial score (nSPS) is 24.6. The van der Waals surface area contributed by atoms with Crippen molar-refractivity contribution in [1.82, 2.24) is 5.48 Å². The van der Waals surface area contributed by atoms with Crippen molar-refractivity contribution in [2.24, 2.45) is 5.92 Å². The second kappa shape index (κ2) is 3.94. The Morgan fingerprint density at radius 3 is 2.40 bits per heavy atom. The van der Waals surface area contributed by atoms with E-state index in [-0.39, 0.29) is 0 Å². The maximum absolute atomic E-state index is 8.64. The molecule has 1 fully saturated rings. The Bertz CT molecular complexity index is 89.3. The Morgan fingerprint density at radius 1 is 1.30 bits per heavy atom. The van der Waals surface area contributed by atoms with Crippen LogP contribution in [0.1, 0.15) is 39.0 Å². The largest absolute Gasteiger partial charge is 0.317 e. The second-order valence-corrected chi connectivity index (χ2v) is 3.32. The third-order valence-corrected chi connectivity index (χ3v) is 2.56. The van der Waals surface area contributed by atoms with Gasteiger partial charge < -0.3 is 5.21 Å². The first-order valence-electron chi connectivity index (χ1n) is 4.24. The minimum Gasteiger partial charge on any atom is -0.317 e. The Labute approximate surface area is 62.6 Å². The zero-order valence-corrected chi connectivity index (χ0v) is 6.64. The van der Waals surface area contributed by atoms with E-state index in [1.807, 2.05) is 0 Å².